The molecule has 1 fully saturated rings. The van der Waals surface area contributed by atoms with E-state index in [4.69, 9.17) is 26.8 Å². The summed E-state index contributed by atoms with van der Waals surface area (Å²) >= 11 is 5.19. The Hall–Kier alpha value is -4.83. The Kier molecular flexibility index (Phi) is 8.16. The fourth-order valence-corrected chi connectivity index (χ4v) is 4.22. The molecule has 3 aromatic rings. The minimum absolute atomic E-state index is 0.112. The number of carbonyl (C=O) groups excluding carboxylic acids is 2. The van der Waals surface area contributed by atoms with Gasteiger partial charge in [0.1, 0.15) is 18.0 Å². The van der Waals surface area contributed by atoms with Gasteiger partial charge in [-0.15, -0.1) is 6.58 Å². The molecule has 0 spiro atoms. The van der Waals surface area contributed by atoms with Crippen molar-refractivity contribution in [2.24, 2.45) is 0 Å². The highest BCUT2D eigenvalue weighted by Gasteiger charge is 2.34. The van der Waals surface area contributed by atoms with E-state index < -0.39 is 23.6 Å². The van der Waals surface area contributed by atoms with Crippen molar-refractivity contribution >= 4 is 46.9 Å². The predicted molar refractivity (Wildman–Crippen MR) is 147 cm³/mol. The summed E-state index contributed by atoms with van der Waals surface area (Å²) in [5, 5.41) is 11.5. The summed E-state index contributed by atoms with van der Waals surface area (Å²) in [5.41, 5.74) is 2.23. The normalized spacial score (nSPS) is 14.3. The molecule has 0 radical (unpaired) electrons. The molecule has 8 nitrogen and oxygen atoms in total. The smallest absolute Gasteiger partial charge is 0.335 e. The maximum Gasteiger partial charge on any atom is 0.335 e. The van der Waals surface area contributed by atoms with Crippen molar-refractivity contribution in [1.82, 2.24) is 5.32 Å². The highest BCUT2D eigenvalue weighted by molar-refractivity contribution is 7.80. The Morgan fingerprint density at radius 3 is 2.44 bits per heavy atom. The number of hydrogen-bond donors (Lipinski definition) is 2. The lowest BCUT2D eigenvalue weighted by Gasteiger charge is -2.29. The first-order valence-corrected chi connectivity index (χ1v) is 12.1. The van der Waals surface area contributed by atoms with Crippen LogP contribution in [-0.2, 0) is 22.6 Å². The number of rotatable bonds is 9. The van der Waals surface area contributed by atoms with Crippen LogP contribution < -0.4 is 19.7 Å². The van der Waals surface area contributed by atoms with Gasteiger partial charge in [0, 0.05) is 5.56 Å². The quantitative estimate of drug-likeness (QED) is 0.174. The Morgan fingerprint density at radius 2 is 1.82 bits per heavy atom. The predicted octanol–water partition coefficient (Wildman–Crippen LogP) is 4.67. The number of aromatic carboxylic acids is 1. The fourth-order valence-electron chi connectivity index (χ4n) is 3.94. The molecular formula is C29H23FN2O6S. The summed E-state index contributed by atoms with van der Waals surface area (Å²) < 4.78 is 25.0. The lowest BCUT2D eigenvalue weighted by molar-refractivity contribution is -0.122. The number of carboxylic acids is 1. The molecule has 1 heterocycles. The highest BCUT2D eigenvalue weighted by Crippen LogP contribution is 2.35. The fraction of sp³-hybridized carbons (Fsp3) is 0.103. The summed E-state index contributed by atoms with van der Waals surface area (Å²) in [5.74, 6) is -2.03. The van der Waals surface area contributed by atoms with E-state index in [1.807, 2.05) is 0 Å². The Bertz CT molecular complexity index is 1500. The molecule has 10 heteroatoms. The minimum atomic E-state index is -1.02. The van der Waals surface area contributed by atoms with Crippen LogP contribution in [0.1, 0.15) is 27.0 Å². The first-order valence-electron chi connectivity index (χ1n) is 11.7. The molecule has 1 aliphatic rings. The van der Waals surface area contributed by atoms with E-state index in [0.717, 1.165) is 10.5 Å². The largest absolute Gasteiger partial charge is 0.493 e. The third kappa shape index (κ3) is 6.02. The second-order valence-electron chi connectivity index (χ2n) is 8.43. The van der Waals surface area contributed by atoms with Gasteiger partial charge < -0.3 is 14.6 Å². The van der Waals surface area contributed by atoms with Gasteiger partial charge >= 0.3 is 5.97 Å². The second kappa shape index (κ2) is 11.7. The van der Waals surface area contributed by atoms with Gasteiger partial charge in [0.05, 0.1) is 18.4 Å². The van der Waals surface area contributed by atoms with Crippen LogP contribution >= 0.6 is 12.2 Å². The Labute approximate surface area is 229 Å². The monoisotopic (exact) mass is 546 g/mol. The van der Waals surface area contributed by atoms with Crippen molar-refractivity contribution < 1.29 is 33.4 Å². The number of carbonyl (C=O) groups is 3. The maximum absolute atomic E-state index is 13.4. The number of hydrogen-bond acceptors (Lipinski definition) is 6. The summed E-state index contributed by atoms with van der Waals surface area (Å²) in [4.78, 5) is 38.2. The number of carboxylic acid groups (broad SMARTS) is 1. The molecule has 1 aliphatic heterocycles. The molecule has 198 valence electrons. The lowest BCUT2D eigenvalue weighted by Crippen LogP contribution is -2.54. The van der Waals surface area contributed by atoms with Crippen molar-refractivity contribution in [3.8, 4) is 11.5 Å². The van der Waals surface area contributed by atoms with Gasteiger partial charge in [-0.25, -0.2) is 9.18 Å². The van der Waals surface area contributed by atoms with E-state index in [9.17, 15) is 18.8 Å². The molecule has 39 heavy (non-hydrogen) atoms. The molecule has 0 saturated carbocycles. The van der Waals surface area contributed by atoms with Gasteiger partial charge in [-0.05, 0) is 84.4 Å². The van der Waals surface area contributed by atoms with Crippen LogP contribution in [0, 0.1) is 5.82 Å². The number of ether oxygens (including phenoxy) is 2. The zero-order valence-electron chi connectivity index (χ0n) is 20.8. The van der Waals surface area contributed by atoms with Gasteiger partial charge in [-0.3, -0.25) is 19.8 Å². The van der Waals surface area contributed by atoms with Gasteiger partial charge in [0.25, 0.3) is 11.8 Å². The molecule has 3 aromatic carbocycles. The van der Waals surface area contributed by atoms with Crippen molar-refractivity contribution in [2.45, 2.75) is 13.0 Å². The third-order valence-corrected chi connectivity index (χ3v) is 6.10. The molecule has 2 amide bonds. The zero-order chi connectivity index (χ0) is 28.1. The van der Waals surface area contributed by atoms with Gasteiger partial charge in [0.2, 0.25) is 0 Å². The van der Waals surface area contributed by atoms with Crippen LogP contribution in [0.4, 0.5) is 10.1 Å². The molecule has 4 rings (SSSR count). The molecular weight excluding hydrogens is 523 g/mol. The van der Waals surface area contributed by atoms with Crippen molar-refractivity contribution in [1.29, 1.82) is 0 Å². The SMILES string of the molecule is C=CCc1cc(/C=C2/C(=O)NC(=S)N(c3ccc(F)cc3)C2=O)cc(OC)c1OCc1ccc(C(=O)O)cc1. The molecule has 0 aromatic heterocycles. The van der Waals surface area contributed by atoms with Crippen LogP contribution in [0.5, 0.6) is 11.5 Å². The van der Waals surface area contributed by atoms with Crippen LogP contribution in [0.3, 0.4) is 0 Å². The highest BCUT2D eigenvalue weighted by atomic mass is 32.1. The van der Waals surface area contributed by atoms with Crippen LogP contribution in [0.25, 0.3) is 6.08 Å². The number of thiocarbonyl (C=S) groups is 1. The number of methoxy groups -OCH3 is 1. The first-order chi connectivity index (χ1) is 18.7. The van der Waals surface area contributed by atoms with Crippen LogP contribution in [0.2, 0.25) is 0 Å². The summed E-state index contributed by atoms with van der Waals surface area (Å²) in [7, 11) is 1.46. The van der Waals surface area contributed by atoms with Gasteiger partial charge in [-0.1, -0.05) is 18.2 Å². The average Bonchev–Trinajstić information content (AvgIpc) is 2.91. The summed E-state index contributed by atoms with van der Waals surface area (Å²) in [6.45, 7) is 3.94. The number of allylic oxidation sites excluding steroid dienone is 1. The lowest BCUT2D eigenvalue weighted by atomic mass is 10.0. The van der Waals surface area contributed by atoms with E-state index in [1.165, 1.54) is 49.6 Å². The molecule has 0 aliphatic carbocycles. The topological polar surface area (TPSA) is 105 Å². The average molecular weight is 547 g/mol. The minimum Gasteiger partial charge on any atom is -0.493 e. The number of halogens is 1. The second-order valence-corrected chi connectivity index (χ2v) is 8.82. The zero-order valence-corrected chi connectivity index (χ0v) is 21.6. The van der Waals surface area contributed by atoms with E-state index in [1.54, 1.807) is 30.3 Å². The molecule has 1 saturated heterocycles. The van der Waals surface area contributed by atoms with Crippen molar-refractivity contribution in [2.75, 3.05) is 12.0 Å². The molecule has 0 atom stereocenters. The number of nitrogens with zero attached hydrogens (tertiary/aromatic N) is 1. The van der Waals surface area contributed by atoms with E-state index in [0.29, 0.717) is 34.7 Å². The number of amides is 2. The Morgan fingerprint density at radius 1 is 1.13 bits per heavy atom. The van der Waals surface area contributed by atoms with E-state index >= 15 is 0 Å². The van der Waals surface area contributed by atoms with E-state index in [-0.39, 0.29) is 22.9 Å². The summed E-state index contributed by atoms with van der Waals surface area (Å²) in [6, 6.07) is 14.8. The number of benzene rings is 3. The maximum atomic E-state index is 13.4. The van der Waals surface area contributed by atoms with Crippen LogP contribution in [0.15, 0.2) is 78.9 Å². The Balaban J connectivity index is 1.66. The van der Waals surface area contributed by atoms with Crippen molar-refractivity contribution in [3.63, 3.8) is 0 Å². The molecule has 0 unspecified atom stereocenters. The number of nitrogens with one attached hydrogen (secondary N) is 1. The first kappa shape index (κ1) is 27.2. The number of anilines is 1. The molecule has 2 N–H and O–H groups in total. The van der Waals surface area contributed by atoms with E-state index in [2.05, 4.69) is 11.9 Å². The third-order valence-electron chi connectivity index (χ3n) is 5.82. The van der Waals surface area contributed by atoms with Gasteiger partial charge in [-0.2, -0.15) is 0 Å². The van der Waals surface area contributed by atoms with Gasteiger partial charge in [0.15, 0.2) is 16.6 Å². The molecule has 0 bridgehead atoms. The summed E-state index contributed by atoms with van der Waals surface area (Å²) in [6.07, 6.45) is 3.49. The standard InChI is InChI=1S/C29H23FN2O6S/c1-3-4-20-13-18(15-24(37-2)25(20)38-16-17-5-7-19(8-6-17)28(35)36)14-23-26(33)31-29(39)32(27(23)34)22-11-9-21(30)10-12-22/h3,5-15H,1,4,16H2,2H3,(H,35,36)(H,31,33,39)/b23-14-. The van der Waals surface area contributed by atoms with Crippen molar-refractivity contribution in [3.05, 3.63) is 107 Å². The van der Waals surface area contributed by atoms with Crippen LogP contribution in [-0.4, -0.2) is 35.1 Å².